The number of nitrogens with zero attached hydrogens (tertiary/aromatic N) is 1. The van der Waals surface area contributed by atoms with Crippen molar-refractivity contribution in [2.45, 2.75) is 25.4 Å². The number of fused-ring (bicyclic) bond motifs is 3. The zero-order valence-electron chi connectivity index (χ0n) is 17.6. The minimum absolute atomic E-state index is 0.0979. The topological polar surface area (TPSA) is 54.7 Å². The van der Waals surface area contributed by atoms with Crippen LogP contribution in [0.1, 0.15) is 45.0 Å². The summed E-state index contributed by atoms with van der Waals surface area (Å²) in [5.41, 5.74) is 3.06. The van der Waals surface area contributed by atoms with Crippen molar-refractivity contribution in [1.82, 2.24) is 10.2 Å². The average Bonchev–Trinajstić information content (AvgIpc) is 3.45. The van der Waals surface area contributed by atoms with Crippen LogP contribution in [-0.4, -0.2) is 31.0 Å². The fourth-order valence-corrected chi connectivity index (χ4v) is 5.07. The van der Waals surface area contributed by atoms with E-state index in [0.717, 1.165) is 13.1 Å². The van der Waals surface area contributed by atoms with E-state index in [2.05, 4.69) is 22.3 Å². The maximum absolute atomic E-state index is 14.4. The summed E-state index contributed by atoms with van der Waals surface area (Å²) in [6.45, 7) is 3.93. The molecule has 1 N–H and O–H groups in total. The summed E-state index contributed by atoms with van der Waals surface area (Å²) in [5, 5.41) is 3.20. The van der Waals surface area contributed by atoms with Crippen LogP contribution in [0.15, 0.2) is 59.0 Å². The fourth-order valence-electron chi connectivity index (χ4n) is 5.07. The lowest BCUT2D eigenvalue weighted by molar-refractivity contribution is 0.0894. The number of aryl methyl sites for hydroxylation is 1. The van der Waals surface area contributed by atoms with Gasteiger partial charge in [-0.2, -0.15) is 0 Å². The third-order valence-corrected chi connectivity index (χ3v) is 6.50. The second kappa shape index (κ2) is 7.85. The van der Waals surface area contributed by atoms with Crippen LogP contribution in [0.4, 0.5) is 4.39 Å². The van der Waals surface area contributed by atoms with Crippen LogP contribution in [0.25, 0.3) is 0 Å². The number of hydrogen-bond acceptors (Lipinski definition) is 4. The fraction of sp³-hybridized carbons (Fsp3) is 0.320. The van der Waals surface area contributed by atoms with Crippen molar-refractivity contribution >= 4 is 5.91 Å². The van der Waals surface area contributed by atoms with E-state index in [1.165, 1.54) is 17.2 Å². The van der Waals surface area contributed by atoms with Gasteiger partial charge in [0, 0.05) is 37.0 Å². The van der Waals surface area contributed by atoms with Crippen LogP contribution in [0.5, 0.6) is 5.75 Å². The van der Waals surface area contributed by atoms with Crippen molar-refractivity contribution < 1.29 is 18.3 Å². The first-order valence-corrected chi connectivity index (χ1v) is 10.5. The van der Waals surface area contributed by atoms with Gasteiger partial charge >= 0.3 is 0 Å². The van der Waals surface area contributed by atoms with E-state index in [1.807, 2.05) is 19.1 Å². The van der Waals surface area contributed by atoms with E-state index in [-0.39, 0.29) is 23.7 Å². The Hall–Kier alpha value is -3.12. The Balaban J connectivity index is 1.38. The molecule has 1 aliphatic carbocycles. The lowest BCUT2D eigenvalue weighted by Gasteiger charge is -2.23. The summed E-state index contributed by atoms with van der Waals surface area (Å²) in [7, 11) is 1.59. The van der Waals surface area contributed by atoms with Gasteiger partial charge in [-0.25, -0.2) is 4.39 Å². The molecule has 2 aliphatic rings. The number of halogens is 1. The van der Waals surface area contributed by atoms with Gasteiger partial charge in [0.15, 0.2) is 5.76 Å². The van der Waals surface area contributed by atoms with Gasteiger partial charge in [-0.1, -0.05) is 24.3 Å². The number of methoxy groups -OCH3 is 1. The molecule has 1 saturated heterocycles. The first-order chi connectivity index (χ1) is 15.0. The monoisotopic (exact) mass is 420 g/mol. The standard InChI is InChI=1S/C25H25FN2O3/c1-15-7-10-23(31-15)25(29)27-24-19-6-4-3-5-18(19)20-13-28(14-21(20)24)12-16-11-17(30-2)8-9-22(16)26/h3-11,20-21,24H,12-14H2,1-2H3,(H,27,29)/t20-,21-,24+/m0/s1. The second-order valence-electron chi connectivity index (χ2n) is 8.41. The summed E-state index contributed by atoms with van der Waals surface area (Å²) >= 11 is 0. The van der Waals surface area contributed by atoms with Crippen molar-refractivity contribution in [1.29, 1.82) is 0 Å². The van der Waals surface area contributed by atoms with Gasteiger partial charge in [0.1, 0.15) is 17.3 Å². The first-order valence-electron chi connectivity index (χ1n) is 10.5. The zero-order chi connectivity index (χ0) is 21.5. The van der Waals surface area contributed by atoms with Gasteiger partial charge in [-0.3, -0.25) is 9.69 Å². The van der Waals surface area contributed by atoms with Crippen LogP contribution in [-0.2, 0) is 6.54 Å². The molecule has 6 heteroatoms. The molecule has 160 valence electrons. The summed E-state index contributed by atoms with van der Waals surface area (Å²) in [6.07, 6.45) is 0. The van der Waals surface area contributed by atoms with Crippen LogP contribution in [0.2, 0.25) is 0 Å². The zero-order valence-corrected chi connectivity index (χ0v) is 17.6. The van der Waals surface area contributed by atoms with Gasteiger partial charge in [-0.15, -0.1) is 0 Å². The third kappa shape index (κ3) is 3.61. The number of benzene rings is 2. The van der Waals surface area contributed by atoms with Gasteiger partial charge in [0.05, 0.1) is 13.2 Å². The molecule has 5 nitrogen and oxygen atoms in total. The van der Waals surface area contributed by atoms with Crippen molar-refractivity contribution in [3.63, 3.8) is 0 Å². The molecule has 2 aromatic carbocycles. The first kappa shape index (κ1) is 19.8. The second-order valence-corrected chi connectivity index (χ2v) is 8.41. The molecule has 0 saturated carbocycles. The Labute approximate surface area is 180 Å². The highest BCUT2D eigenvalue weighted by Crippen LogP contribution is 2.49. The summed E-state index contributed by atoms with van der Waals surface area (Å²) in [6, 6.07) is 16.5. The molecule has 0 radical (unpaired) electrons. The Morgan fingerprint density at radius 2 is 1.97 bits per heavy atom. The predicted molar refractivity (Wildman–Crippen MR) is 115 cm³/mol. The minimum atomic E-state index is -0.226. The van der Waals surface area contributed by atoms with Crippen molar-refractivity contribution in [2.75, 3.05) is 20.2 Å². The minimum Gasteiger partial charge on any atom is -0.497 e. The Kier molecular flexibility index (Phi) is 5.02. The van der Waals surface area contributed by atoms with Crippen molar-refractivity contribution in [2.24, 2.45) is 5.92 Å². The Bertz CT molecular complexity index is 1130. The summed E-state index contributed by atoms with van der Waals surface area (Å²) in [4.78, 5) is 15.1. The number of furan rings is 1. The van der Waals surface area contributed by atoms with Gasteiger partial charge in [-0.05, 0) is 48.4 Å². The number of likely N-dealkylation sites (tertiary alicyclic amines) is 1. The number of hydrogen-bond donors (Lipinski definition) is 1. The normalized spacial score (nSPS) is 22.2. The van der Waals surface area contributed by atoms with Crippen LogP contribution >= 0.6 is 0 Å². The molecule has 5 rings (SSSR count). The molecular formula is C25H25FN2O3. The number of carbonyl (C=O) groups is 1. The largest absolute Gasteiger partial charge is 0.497 e. The number of amides is 1. The number of rotatable bonds is 5. The maximum Gasteiger partial charge on any atom is 0.287 e. The van der Waals surface area contributed by atoms with E-state index in [4.69, 9.17) is 9.15 Å². The number of ether oxygens (including phenoxy) is 1. The molecule has 0 spiro atoms. The van der Waals surface area contributed by atoms with Gasteiger partial charge < -0.3 is 14.5 Å². The average molecular weight is 420 g/mol. The lowest BCUT2D eigenvalue weighted by atomic mass is 9.94. The molecule has 3 atom stereocenters. The maximum atomic E-state index is 14.4. The third-order valence-electron chi connectivity index (χ3n) is 6.50. The van der Waals surface area contributed by atoms with Crippen LogP contribution in [0, 0.1) is 18.7 Å². The molecule has 31 heavy (non-hydrogen) atoms. The molecular weight excluding hydrogens is 395 g/mol. The predicted octanol–water partition coefficient (Wildman–Crippen LogP) is 4.44. The van der Waals surface area contributed by atoms with Crippen LogP contribution in [0.3, 0.4) is 0 Å². The van der Waals surface area contributed by atoms with Crippen LogP contribution < -0.4 is 10.1 Å². The molecule has 1 aromatic heterocycles. The Morgan fingerprint density at radius 1 is 1.16 bits per heavy atom. The molecule has 1 fully saturated rings. The molecule has 1 amide bonds. The molecule has 2 heterocycles. The van der Waals surface area contributed by atoms with E-state index in [9.17, 15) is 9.18 Å². The highest BCUT2D eigenvalue weighted by Gasteiger charge is 2.46. The van der Waals surface area contributed by atoms with E-state index >= 15 is 0 Å². The van der Waals surface area contributed by atoms with E-state index < -0.39 is 0 Å². The Morgan fingerprint density at radius 3 is 2.71 bits per heavy atom. The number of carbonyl (C=O) groups excluding carboxylic acids is 1. The van der Waals surface area contributed by atoms with Gasteiger partial charge in [0.2, 0.25) is 0 Å². The molecule has 3 aromatic rings. The lowest BCUT2D eigenvalue weighted by Crippen LogP contribution is -2.33. The molecule has 0 bridgehead atoms. The van der Waals surface area contributed by atoms with Crippen molar-refractivity contribution in [3.8, 4) is 5.75 Å². The SMILES string of the molecule is COc1ccc(F)c(CN2C[C@@H]3[C@H](NC(=O)c4ccc(C)o4)c4ccccc4[C@@H]3C2)c1. The van der Waals surface area contributed by atoms with Gasteiger partial charge in [0.25, 0.3) is 5.91 Å². The smallest absolute Gasteiger partial charge is 0.287 e. The summed E-state index contributed by atoms with van der Waals surface area (Å²) in [5.74, 6) is 1.79. The van der Waals surface area contributed by atoms with E-state index in [0.29, 0.717) is 35.3 Å². The highest BCUT2D eigenvalue weighted by atomic mass is 19.1. The molecule has 0 unspecified atom stereocenters. The highest BCUT2D eigenvalue weighted by molar-refractivity contribution is 5.92. The quantitative estimate of drug-likeness (QED) is 0.663. The summed E-state index contributed by atoms with van der Waals surface area (Å²) < 4.78 is 25.1. The van der Waals surface area contributed by atoms with Crippen molar-refractivity contribution in [3.05, 3.63) is 88.6 Å². The number of nitrogens with one attached hydrogen (secondary N) is 1. The molecule has 1 aliphatic heterocycles. The van der Waals surface area contributed by atoms with E-state index in [1.54, 1.807) is 31.4 Å².